The SMILES string of the molecule is COC(=O)c1cccc(NS(=O)(=O)c2sc3ccc(Cl)cc3c2C)c1.Cc1c(S(=O)(=O)Nc2cccc(C(=O)O)c2)sc2ccccc12. The van der Waals surface area contributed by atoms with Crippen molar-refractivity contribution >= 4 is 97.8 Å². The molecule has 248 valence electrons. The van der Waals surface area contributed by atoms with Crippen molar-refractivity contribution in [3.63, 3.8) is 0 Å². The van der Waals surface area contributed by atoms with Crippen LogP contribution in [0.1, 0.15) is 31.8 Å². The molecule has 0 atom stereocenters. The summed E-state index contributed by atoms with van der Waals surface area (Å²) in [6, 6.07) is 24.6. The molecule has 4 aromatic carbocycles. The molecule has 48 heavy (non-hydrogen) atoms. The lowest BCUT2D eigenvalue weighted by Crippen LogP contribution is -2.13. The predicted octanol–water partition coefficient (Wildman–Crippen LogP) is 8.16. The molecule has 6 rings (SSSR count). The van der Waals surface area contributed by atoms with Crippen molar-refractivity contribution in [3.8, 4) is 0 Å². The number of esters is 1. The zero-order valence-corrected chi connectivity index (χ0v) is 29.5. The van der Waals surface area contributed by atoms with E-state index >= 15 is 0 Å². The number of methoxy groups -OCH3 is 1. The fourth-order valence-corrected chi connectivity index (χ4v) is 10.6. The first-order valence-corrected chi connectivity index (χ1v) is 18.9. The smallest absolute Gasteiger partial charge is 0.337 e. The number of thiophene rings is 2. The van der Waals surface area contributed by atoms with Gasteiger partial charge in [0.1, 0.15) is 8.42 Å². The van der Waals surface area contributed by atoms with Crippen molar-refractivity contribution in [2.45, 2.75) is 22.3 Å². The molecule has 0 aliphatic heterocycles. The first kappa shape index (κ1) is 34.9. The number of hydrogen-bond donors (Lipinski definition) is 3. The molecule has 0 amide bonds. The van der Waals surface area contributed by atoms with Crippen molar-refractivity contribution in [2.75, 3.05) is 16.6 Å². The molecular formula is C33H27ClN2O8S4. The summed E-state index contributed by atoms with van der Waals surface area (Å²) in [5, 5.41) is 11.2. The number of carbonyl (C=O) groups excluding carboxylic acids is 1. The molecule has 0 bridgehead atoms. The normalized spacial score (nSPS) is 11.5. The van der Waals surface area contributed by atoms with Gasteiger partial charge in [-0.15, -0.1) is 22.7 Å². The van der Waals surface area contributed by atoms with E-state index in [-0.39, 0.29) is 30.9 Å². The molecule has 6 aromatic rings. The van der Waals surface area contributed by atoms with E-state index in [0.717, 1.165) is 20.2 Å². The van der Waals surface area contributed by atoms with Crippen LogP contribution in [0.4, 0.5) is 11.4 Å². The number of carboxylic acids is 1. The summed E-state index contributed by atoms with van der Waals surface area (Å²) in [5.41, 5.74) is 2.13. The van der Waals surface area contributed by atoms with E-state index in [0.29, 0.717) is 16.1 Å². The summed E-state index contributed by atoms with van der Waals surface area (Å²) in [7, 11) is -6.30. The standard InChI is InChI=1S/C17H14ClNO4S2.C16H13NO4S2/c1-10-14-9-12(18)6-7-15(14)24-17(10)25(21,22)19-13-5-3-4-11(8-13)16(20)23-2;1-10-13-7-2-3-8-14(13)22-16(10)23(20,21)17-12-6-4-5-11(9-12)15(18)19/h3-9,19H,1-2H3;2-9,17H,1H3,(H,18,19). The molecule has 2 aromatic heterocycles. The number of benzene rings is 4. The maximum absolute atomic E-state index is 12.8. The predicted molar refractivity (Wildman–Crippen MR) is 191 cm³/mol. The minimum atomic E-state index is -3.79. The number of rotatable bonds is 8. The Kier molecular flexibility index (Phi) is 10.1. The summed E-state index contributed by atoms with van der Waals surface area (Å²) >= 11 is 8.37. The van der Waals surface area contributed by atoms with E-state index in [1.165, 1.54) is 60.1 Å². The van der Waals surface area contributed by atoms with Crippen LogP contribution in [0.15, 0.2) is 99.4 Å². The third-order valence-electron chi connectivity index (χ3n) is 7.04. The van der Waals surface area contributed by atoms with Gasteiger partial charge < -0.3 is 9.84 Å². The Morgan fingerprint density at radius 1 is 0.688 bits per heavy atom. The first-order valence-electron chi connectivity index (χ1n) is 13.9. The lowest BCUT2D eigenvalue weighted by Gasteiger charge is -2.08. The van der Waals surface area contributed by atoms with Crippen molar-refractivity contribution in [2.24, 2.45) is 0 Å². The maximum Gasteiger partial charge on any atom is 0.337 e. The Labute approximate surface area is 289 Å². The number of aromatic carboxylic acids is 1. The number of carbonyl (C=O) groups is 2. The highest BCUT2D eigenvalue weighted by atomic mass is 35.5. The van der Waals surface area contributed by atoms with E-state index in [4.69, 9.17) is 16.7 Å². The van der Waals surface area contributed by atoms with Crippen LogP contribution < -0.4 is 9.44 Å². The summed E-state index contributed by atoms with van der Waals surface area (Å²) in [6.07, 6.45) is 0. The van der Waals surface area contributed by atoms with Crippen molar-refractivity contribution in [3.05, 3.63) is 118 Å². The van der Waals surface area contributed by atoms with Gasteiger partial charge in [0.2, 0.25) is 0 Å². The molecule has 0 unspecified atom stereocenters. The van der Waals surface area contributed by atoms with Gasteiger partial charge in [0.25, 0.3) is 20.0 Å². The second-order valence-corrected chi connectivity index (χ2v) is 16.6. The van der Waals surface area contributed by atoms with Crippen LogP contribution in [-0.4, -0.2) is 41.0 Å². The minimum absolute atomic E-state index is 0.0262. The maximum atomic E-state index is 12.8. The number of ether oxygens (including phenoxy) is 1. The Balaban J connectivity index is 0.000000188. The highest BCUT2D eigenvalue weighted by Crippen LogP contribution is 2.37. The van der Waals surface area contributed by atoms with Gasteiger partial charge in [-0.05, 0) is 96.4 Å². The summed E-state index contributed by atoms with van der Waals surface area (Å²) in [4.78, 5) is 22.6. The van der Waals surface area contributed by atoms with Crippen LogP contribution in [0.2, 0.25) is 5.02 Å². The zero-order valence-electron chi connectivity index (χ0n) is 25.5. The van der Waals surface area contributed by atoms with Gasteiger partial charge in [-0.25, -0.2) is 26.4 Å². The summed E-state index contributed by atoms with van der Waals surface area (Å²) in [5.74, 6) is -1.64. The highest BCUT2D eigenvalue weighted by molar-refractivity contribution is 7.95. The van der Waals surface area contributed by atoms with Crippen LogP contribution in [-0.2, 0) is 24.8 Å². The number of carboxylic acid groups (broad SMARTS) is 1. The quantitative estimate of drug-likeness (QED) is 0.132. The van der Waals surface area contributed by atoms with Crippen LogP contribution in [0.3, 0.4) is 0 Å². The average molecular weight is 743 g/mol. The molecule has 2 heterocycles. The molecule has 0 aliphatic carbocycles. The second kappa shape index (κ2) is 13.9. The van der Waals surface area contributed by atoms with E-state index in [1.807, 2.05) is 24.3 Å². The minimum Gasteiger partial charge on any atom is -0.478 e. The van der Waals surface area contributed by atoms with Gasteiger partial charge in [-0.1, -0.05) is 41.9 Å². The van der Waals surface area contributed by atoms with E-state index in [9.17, 15) is 26.4 Å². The number of sulfonamides is 2. The number of nitrogens with one attached hydrogen (secondary N) is 2. The molecule has 3 N–H and O–H groups in total. The van der Waals surface area contributed by atoms with E-state index < -0.39 is 32.0 Å². The Morgan fingerprint density at radius 2 is 1.21 bits per heavy atom. The molecule has 0 radical (unpaired) electrons. The molecule has 10 nitrogen and oxygen atoms in total. The van der Waals surface area contributed by atoms with Crippen LogP contribution >= 0.6 is 34.3 Å². The molecule has 0 fully saturated rings. The fraction of sp³-hybridized carbons (Fsp3) is 0.0909. The lowest BCUT2D eigenvalue weighted by molar-refractivity contribution is 0.0599. The Morgan fingerprint density at radius 3 is 1.77 bits per heavy atom. The van der Waals surface area contributed by atoms with Crippen LogP contribution in [0.5, 0.6) is 0 Å². The lowest BCUT2D eigenvalue weighted by atomic mass is 10.2. The molecular weight excluding hydrogens is 716 g/mol. The number of aryl methyl sites for hydroxylation is 2. The first-order chi connectivity index (χ1) is 22.7. The van der Waals surface area contributed by atoms with Gasteiger partial charge in [-0.3, -0.25) is 9.44 Å². The largest absolute Gasteiger partial charge is 0.478 e. The van der Waals surface area contributed by atoms with Gasteiger partial charge >= 0.3 is 11.9 Å². The van der Waals surface area contributed by atoms with Gasteiger partial charge in [0, 0.05) is 25.8 Å². The third-order valence-corrected chi connectivity index (χ3v) is 13.8. The zero-order chi connectivity index (χ0) is 34.8. The molecule has 0 spiro atoms. The fourth-order valence-electron chi connectivity index (χ4n) is 4.78. The Bertz CT molecular complexity index is 2420. The Hall–Kier alpha value is -4.47. The monoisotopic (exact) mass is 742 g/mol. The molecule has 0 aliphatic rings. The molecule has 0 saturated carbocycles. The number of fused-ring (bicyclic) bond motifs is 2. The topological polar surface area (TPSA) is 156 Å². The van der Waals surface area contributed by atoms with Crippen molar-refractivity contribution in [1.29, 1.82) is 0 Å². The second-order valence-electron chi connectivity index (χ2n) is 10.3. The summed E-state index contributed by atoms with van der Waals surface area (Å²) in [6.45, 7) is 3.51. The number of hydrogen-bond acceptors (Lipinski definition) is 9. The number of anilines is 2. The highest BCUT2D eigenvalue weighted by Gasteiger charge is 2.23. The van der Waals surface area contributed by atoms with E-state index in [2.05, 4.69) is 14.2 Å². The van der Waals surface area contributed by atoms with E-state index in [1.54, 1.807) is 50.2 Å². The van der Waals surface area contributed by atoms with Crippen LogP contribution in [0.25, 0.3) is 20.2 Å². The van der Waals surface area contributed by atoms with Crippen LogP contribution in [0, 0.1) is 13.8 Å². The molecule has 15 heteroatoms. The average Bonchev–Trinajstić information content (AvgIpc) is 3.58. The van der Waals surface area contributed by atoms with Crippen molar-refractivity contribution < 1.29 is 36.3 Å². The number of halogens is 1. The third kappa shape index (κ3) is 7.48. The summed E-state index contributed by atoms with van der Waals surface area (Å²) < 4.78 is 62.6. The van der Waals surface area contributed by atoms with Crippen molar-refractivity contribution in [1.82, 2.24) is 0 Å². The molecule has 0 saturated heterocycles. The van der Waals surface area contributed by atoms with Gasteiger partial charge in [0.15, 0.2) is 0 Å². The van der Waals surface area contributed by atoms with Gasteiger partial charge in [-0.2, -0.15) is 0 Å². The van der Waals surface area contributed by atoms with Gasteiger partial charge in [0.05, 0.1) is 18.2 Å².